The first-order chi connectivity index (χ1) is 10.7. The lowest BCUT2D eigenvalue weighted by molar-refractivity contribution is -0.116. The highest BCUT2D eigenvalue weighted by Gasteiger charge is 2.17. The molecule has 0 saturated carbocycles. The van der Waals surface area contributed by atoms with E-state index < -0.39 is 0 Å². The van der Waals surface area contributed by atoms with Crippen LogP contribution in [-0.2, 0) is 4.79 Å². The Morgan fingerprint density at radius 1 is 1.32 bits per heavy atom. The van der Waals surface area contributed by atoms with Crippen molar-refractivity contribution in [3.05, 3.63) is 23.8 Å². The molecule has 0 spiro atoms. The first kappa shape index (κ1) is 16.2. The second-order valence-corrected chi connectivity index (χ2v) is 5.08. The van der Waals surface area contributed by atoms with Crippen molar-refractivity contribution in [2.24, 2.45) is 0 Å². The summed E-state index contributed by atoms with van der Waals surface area (Å²) in [6.07, 6.45) is 6.55. The molecule has 1 heterocycles. The van der Waals surface area contributed by atoms with Gasteiger partial charge in [-0.15, -0.1) is 0 Å². The van der Waals surface area contributed by atoms with Gasteiger partial charge in [-0.1, -0.05) is 19.8 Å². The zero-order valence-corrected chi connectivity index (χ0v) is 13.2. The van der Waals surface area contributed by atoms with Gasteiger partial charge < -0.3 is 19.5 Å². The first-order valence-corrected chi connectivity index (χ1v) is 7.68. The standard InChI is InChI=1S/C17H23NO4/c1-3-4-5-8-18-16(19)7-6-13-11-14(20-2)17-15(12-13)21-9-10-22-17/h6-7,11-12H,3-5,8-10H2,1-2H3,(H,18,19)/b7-6+. The molecular weight excluding hydrogens is 282 g/mol. The molecule has 1 aliphatic heterocycles. The van der Waals surface area contributed by atoms with E-state index in [4.69, 9.17) is 14.2 Å². The molecule has 0 fully saturated rings. The molecule has 0 bridgehead atoms. The van der Waals surface area contributed by atoms with Gasteiger partial charge >= 0.3 is 0 Å². The van der Waals surface area contributed by atoms with Gasteiger partial charge in [-0.05, 0) is 30.2 Å². The topological polar surface area (TPSA) is 56.8 Å². The summed E-state index contributed by atoms with van der Waals surface area (Å²) in [4.78, 5) is 11.7. The molecule has 0 saturated heterocycles. The summed E-state index contributed by atoms with van der Waals surface area (Å²) >= 11 is 0. The smallest absolute Gasteiger partial charge is 0.243 e. The number of carbonyl (C=O) groups is 1. The van der Waals surface area contributed by atoms with Gasteiger partial charge in [0, 0.05) is 12.6 Å². The minimum Gasteiger partial charge on any atom is -0.493 e. The van der Waals surface area contributed by atoms with Crippen molar-refractivity contribution in [1.82, 2.24) is 5.32 Å². The van der Waals surface area contributed by atoms with Gasteiger partial charge in [0.2, 0.25) is 11.7 Å². The lowest BCUT2D eigenvalue weighted by atomic mass is 10.1. The number of hydrogen-bond donors (Lipinski definition) is 1. The number of amides is 1. The molecular formula is C17H23NO4. The summed E-state index contributed by atoms with van der Waals surface area (Å²) in [6.45, 7) is 3.87. The van der Waals surface area contributed by atoms with Crippen molar-refractivity contribution in [3.8, 4) is 17.2 Å². The number of nitrogens with one attached hydrogen (secondary N) is 1. The van der Waals surface area contributed by atoms with Crippen LogP contribution in [0.25, 0.3) is 6.08 Å². The molecule has 5 nitrogen and oxygen atoms in total. The fraction of sp³-hybridized carbons (Fsp3) is 0.471. The van der Waals surface area contributed by atoms with E-state index in [9.17, 15) is 4.79 Å². The molecule has 0 aromatic heterocycles. The third-order valence-corrected chi connectivity index (χ3v) is 3.36. The Labute approximate surface area is 131 Å². The monoisotopic (exact) mass is 305 g/mol. The van der Waals surface area contributed by atoms with E-state index >= 15 is 0 Å². The Balaban J connectivity index is 2.00. The number of unbranched alkanes of at least 4 members (excludes halogenated alkanes) is 2. The fourth-order valence-electron chi connectivity index (χ4n) is 2.21. The number of methoxy groups -OCH3 is 1. The van der Waals surface area contributed by atoms with Crippen molar-refractivity contribution in [2.75, 3.05) is 26.9 Å². The van der Waals surface area contributed by atoms with E-state index in [1.165, 1.54) is 6.08 Å². The molecule has 120 valence electrons. The van der Waals surface area contributed by atoms with Crippen LogP contribution in [0, 0.1) is 0 Å². The van der Waals surface area contributed by atoms with Gasteiger partial charge in [0.05, 0.1) is 7.11 Å². The number of fused-ring (bicyclic) bond motifs is 1. The molecule has 0 radical (unpaired) electrons. The largest absolute Gasteiger partial charge is 0.493 e. The normalized spacial score (nSPS) is 13.2. The summed E-state index contributed by atoms with van der Waals surface area (Å²) in [7, 11) is 1.58. The molecule has 2 rings (SSSR count). The van der Waals surface area contributed by atoms with Crippen molar-refractivity contribution >= 4 is 12.0 Å². The number of rotatable bonds is 7. The van der Waals surface area contributed by atoms with Crippen LogP contribution in [0.2, 0.25) is 0 Å². The second-order valence-electron chi connectivity index (χ2n) is 5.08. The van der Waals surface area contributed by atoms with Gasteiger partial charge in [0.1, 0.15) is 13.2 Å². The average molecular weight is 305 g/mol. The molecule has 0 atom stereocenters. The van der Waals surface area contributed by atoms with E-state index in [1.54, 1.807) is 13.2 Å². The van der Waals surface area contributed by atoms with Gasteiger partial charge in [-0.2, -0.15) is 0 Å². The maximum absolute atomic E-state index is 11.7. The highest BCUT2D eigenvalue weighted by atomic mass is 16.6. The number of hydrogen-bond acceptors (Lipinski definition) is 4. The maximum Gasteiger partial charge on any atom is 0.243 e. The summed E-state index contributed by atoms with van der Waals surface area (Å²) in [6, 6.07) is 3.67. The summed E-state index contributed by atoms with van der Waals surface area (Å²) in [5, 5.41) is 2.87. The van der Waals surface area contributed by atoms with Crippen LogP contribution in [0.5, 0.6) is 17.2 Å². The zero-order chi connectivity index (χ0) is 15.8. The van der Waals surface area contributed by atoms with Gasteiger partial charge in [0.15, 0.2) is 11.5 Å². The van der Waals surface area contributed by atoms with Crippen LogP contribution in [0.4, 0.5) is 0 Å². The van der Waals surface area contributed by atoms with E-state index in [2.05, 4.69) is 12.2 Å². The minimum absolute atomic E-state index is 0.0926. The molecule has 1 aromatic rings. The average Bonchev–Trinajstić information content (AvgIpc) is 2.56. The van der Waals surface area contributed by atoms with Crippen molar-refractivity contribution in [2.45, 2.75) is 26.2 Å². The highest BCUT2D eigenvalue weighted by molar-refractivity contribution is 5.91. The predicted molar refractivity (Wildman–Crippen MR) is 85.6 cm³/mol. The number of benzene rings is 1. The van der Waals surface area contributed by atoms with Gasteiger partial charge in [-0.3, -0.25) is 4.79 Å². The Bertz CT molecular complexity index is 522. The number of ether oxygens (including phenoxy) is 3. The number of carbonyl (C=O) groups excluding carboxylic acids is 1. The Kier molecular flexibility index (Phi) is 6.13. The van der Waals surface area contributed by atoms with Crippen LogP contribution < -0.4 is 19.5 Å². The quantitative estimate of drug-likeness (QED) is 0.621. The lowest BCUT2D eigenvalue weighted by Gasteiger charge is -2.20. The molecule has 5 heteroatoms. The van der Waals surface area contributed by atoms with Crippen LogP contribution >= 0.6 is 0 Å². The van der Waals surface area contributed by atoms with Crippen LogP contribution in [0.15, 0.2) is 18.2 Å². The molecule has 0 unspecified atom stereocenters. The SMILES string of the molecule is CCCCCNC(=O)/C=C/c1cc(OC)c2c(c1)OCCO2. The van der Waals surface area contributed by atoms with Crippen molar-refractivity contribution in [1.29, 1.82) is 0 Å². The fourth-order valence-corrected chi connectivity index (χ4v) is 2.21. The summed E-state index contributed by atoms with van der Waals surface area (Å²) in [5.74, 6) is 1.79. The van der Waals surface area contributed by atoms with E-state index in [1.807, 2.05) is 12.1 Å². The van der Waals surface area contributed by atoms with E-state index in [-0.39, 0.29) is 5.91 Å². The minimum atomic E-state index is -0.0926. The van der Waals surface area contributed by atoms with Crippen LogP contribution in [0.1, 0.15) is 31.7 Å². The maximum atomic E-state index is 11.7. The van der Waals surface area contributed by atoms with Crippen LogP contribution in [-0.4, -0.2) is 32.8 Å². The Hall–Kier alpha value is -2.17. The van der Waals surface area contributed by atoms with E-state index in [0.717, 1.165) is 24.8 Å². The molecule has 1 aliphatic rings. The Morgan fingerprint density at radius 3 is 2.91 bits per heavy atom. The zero-order valence-electron chi connectivity index (χ0n) is 13.2. The van der Waals surface area contributed by atoms with Crippen molar-refractivity contribution < 1.29 is 19.0 Å². The summed E-state index contributed by atoms with van der Waals surface area (Å²) in [5.41, 5.74) is 0.838. The molecule has 1 amide bonds. The highest BCUT2D eigenvalue weighted by Crippen LogP contribution is 2.40. The van der Waals surface area contributed by atoms with Crippen molar-refractivity contribution in [3.63, 3.8) is 0 Å². The molecule has 0 aliphatic carbocycles. The van der Waals surface area contributed by atoms with E-state index in [0.29, 0.717) is 37.0 Å². The van der Waals surface area contributed by atoms with Crippen LogP contribution in [0.3, 0.4) is 0 Å². The Morgan fingerprint density at radius 2 is 2.14 bits per heavy atom. The molecule has 1 aromatic carbocycles. The molecule has 22 heavy (non-hydrogen) atoms. The lowest BCUT2D eigenvalue weighted by Crippen LogP contribution is -2.21. The first-order valence-electron chi connectivity index (χ1n) is 7.68. The van der Waals surface area contributed by atoms with Gasteiger partial charge in [-0.25, -0.2) is 0 Å². The second kappa shape index (κ2) is 8.32. The molecule has 1 N–H and O–H groups in total. The third-order valence-electron chi connectivity index (χ3n) is 3.36. The summed E-state index contributed by atoms with van der Waals surface area (Å²) < 4.78 is 16.4. The predicted octanol–water partition coefficient (Wildman–Crippen LogP) is 2.79. The van der Waals surface area contributed by atoms with Gasteiger partial charge in [0.25, 0.3) is 0 Å². The third kappa shape index (κ3) is 4.41.